The first kappa shape index (κ1) is 72.8. The van der Waals surface area contributed by atoms with E-state index in [9.17, 15) is 27.6 Å². The number of hydrogen-bond donors (Lipinski definition) is 3. The molecule has 9 aliphatic rings. The van der Waals surface area contributed by atoms with Gasteiger partial charge in [-0.05, 0) is 329 Å². The Bertz CT molecular complexity index is 5890. The SMILES string of the molecule is [2H]C([2H])(c1cc(C)cc(F)c1)c1ccc2c(c1)C(NC(=O)c1ccc(N3CCN(C([2H])([2H])[2H])CC3)cc1CC1CCOCC1)=NC2.[2H]C([2H])(c1cc(C)cc(F)c1)c1ccc2c(c1)C(NC(=O)c1ccc(N3CCN(C)CC3)cc1CC1CCOCC1)=NC2.[2H]C1([2H])CC(Cc2cc(N3CCN(C)CC3)ccc2C(=O)NC2=NCc3ccc(Cc4cc(C)cc(F)c4)cc32)CC([2H])([2H])O1. The number of likely N-dealkylation sites (N-methyl/N-ethyl adjacent to an activating group) is 3. The first-order valence-corrected chi connectivity index (χ1v) is 43.3. The van der Waals surface area contributed by atoms with Crippen molar-refractivity contribution < 1.29 is 56.8 Å². The van der Waals surface area contributed by atoms with Gasteiger partial charge in [0.15, 0.2) is 0 Å². The number of amides is 3. The fourth-order valence-electron chi connectivity index (χ4n) is 17.8. The largest absolute Gasteiger partial charge is 0.381 e. The summed E-state index contributed by atoms with van der Waals surface area (Å²) in [5.74, 6) is -0.240. The van der Waals surface area contributed by atoms with Crippen LogP contribution in [-0.2, 0) is 72.3 Å². The fourth-order valence-corrected chi connectivity index (χ4v) is 17.8. The topological polar surface area (TPSA) is 172 Å². The summed E-state index contributed by atoms with van der Waals surface area (Å²) in [6.07, 6.45) is 2.42. The standard InChI is InChI=1S/3C34H39FN4O2/c3*1-23-15-26(19-29(35)16-23)17-25-3-4-27-22-36-33(32(27)20-25)37-34(40)31-6-5-30(39-11-9-38(2)10-12-39)21-28(31)18-24-7-13-41-14-8-24/h3*3-6,15-16,19-21,24H,7-14,17-18,22H2,1-2H3,(H,36,37,40)/i13D2,14D2;2D3,17D2;17D2. The number of carbonyl (C=O) groups is 3. The van der Waals surface area contributed by atoms with Gasteiger partial charge in [0.1, 0.15) is 35.0 Å². The highest BCUT2D eigenvalue weighted by atomic mass is 19.1. The molecular weight excluding hydrogens is 1550 g/mol. The van der Waals surface area contributed by atoms with E-state index in [4.69, 9.17) is 29.3 Å². The van der Waals surface area contributed by atoms with Crippen LogP contribution in [0.1, 0.15) is 185 Å². The summed E-state index contributed by atoms with van der Waals surface area (Å²) in [5, 5.41) is 9.10. The minimum atomic E-state index is -2.11. The molecule has 0 aromatic heterocycles. The summed E-state index contributed by atoms with van der Waals surface area (Å²) in [6.45, 7) is 12.7. The van der Waals surface area contributed by atoms with Gasteiger partial charge in [-0.1, -0.05) is 54.6 Å². The molecule has 9 aromatic rings. The van der Waals surface area contributed by atoms with Gasteiger partial charge in [0.25, 0.3) is 17.7 Å². The smallest absolute Gasteiger partial charge is 0.257 e. The number of nitrogens with one attached hydrogen (secondary N) is 3. The molecule has 0 bridgehead atoms. The maximum Gasteiger partial charge on any atom is 0.257 e. The van der Waals surface area contributed by atoms with Crippen molar-refractivity contribution in [3.05, 3.63) is 298 Å². The molecule has 3 N–H and O–H groups in total. The van der Waals surface area contributed by atoms with Crippen LogP contribution in [0.3, 0.4) is 0 Å². The molecule has 0 atom stereocenters. The summed E-state index contributed by atoms with van der Waals surface area (Å²) in [4.78, 5) is 68.4. The Balaban J connectivity index is 0.000000146. The first-order chi connectivity index (χ1) is 63.9. The van der Waals surface area contributed by atoms with Gasteiger partial charge in [-0.15, -0.1) is 0 Å². The number of benzene rings is 9. The lowest BCUT2D eigenvalue weighted by molar-refractivity contribution is 0.0663. The molecule has 123 heavy (non-hydrogen) atoms. The maximum atomic E-state index is 14.2. The lowest BCUT2D eigenvalue weighted by Crippen LogP contribution is -2.44. The molecule has 3 amide bonds. The van der Waals surface area contributed by atoms with Crippen LogP contribution in [-0.4, -0.2) is 189 Å². The van der Waals surface area contributed by atoms with Gasteiger partial charge >= 0.3 is 0 Å². The molecule has 0 spiro atoms. The molecule has 9 aliphatic heterocycles. The Hall–Kier alpha value is -10.7. The van der Waals surface area contributed by atoms with Crippen LogP contribution in [0.25, 0.3) is 0 Å². The Kier molecular flexibility index (Phi) is 23.6. The third kappa shape index (κ3) is 22.3. The number of piperazine rings is 3. The second kappa shape index (κ2) is 39.9. The van der Waals surface area contributed by atoms with Crippen molar-refractivity contribution in [1.82, 2.24) is 30.7 Å². The summed E-state index contributed by atoms with van der Waals surface area (Å²) >= 11 is 0. The van der Waals surface area contributed by atoms with Crippen LogP contribution in [0.5, 0.6) is 0 Å². The molecule has 6 fully saturated rings. The van der Waals surface area contributed by atoms with Gasteiger partial charge in [0.2, 0.25) is 0 Å². The Morgan fingerprint density at radius 2 is 0.724 bits per heavy atom. The van der Waals surface area contributed by atoms with Crippen molar-refractivity contribution in [1.29, 1.82) is 0 Å². The van der Waals surface area contributed by atoms with Crippen molar-refractivity contribution in [2.45, 2.75) is 117 Å². The van der Waals surface area contributed by atoms with Crippen molar-refractivity contribution in [2.24, 2.45) is 32.7 Å². The van der Waals surface area contributed by atoms with Crippen LogP contribution in [0.15, 0.2) is 179 Å². The number of nitrogens with zero attached hydrogens (tertiary/aromatic N) is 9. The van der Waals surface area contributed by atoms with E-state index in [1.165, 1.54) is 35.2 Å². The molecule has 642 valence electrons. The predicted octanol–water partition coefficient (Wildman–Crippen LogP) is 15.4. The highest BCUT2D eigenvalue weighted by molar-refractivity contribution is 6.16. The zero-order valence-electron chi connectivity index (χ0n) is 81.9. The number of carbonyl (C=O) groups excluding carboxylic acids is 3. The molecule has 18 rings (SSSR count). The van der Waals surface area contributed by atoms with Gasteiger partial charge in [0, 0.05) is 178 Å². The van der Waals surface area contributed by atoms with Gasteiger partial charge < -0.3 is 59.6 Å². The van der Waals surface area contributed by atoms with E-state index in [-0.39, 0.29) is 53.4 Å². The summed E-state index contributed by atoms with van der Waals surface area (Å²) < 4.78 is 150. The Morgan fingerprint density at radius 1 is 0.390 bits per heavy atom. The molecule has 9 heterocycles. The summed E-state index contributed by atoms with van der Waals surface area (Å²) in [6, 6.07) is 47.9. The van der Waals surface area contributed by atoms with E-state index >= 15 is 0 Å². The van der Waals surface area contributed by atoms with Crippen molar-refractivity contribution >= 4 is 52.3 Å². The number of ether oxygens (including phenoxy) is 3. The first-order valence-electron chi connectivity index (χ1n) is 48.8. The molecule has 18 nitrogen and oxygen atoms in total. The fraction of sp³-hybridized carbons (Fsp3) is 0.412. The van der Waals surface area contributed by atoms with E-state index in [1.807, 2.05) is 85.8 Å². The third-order valence-corrected chi connectivity index (χ3v) is 24.7. The second-order valence-electron chi connectivity index (χ2n) is 34.2. The number of aryl methyl sites for hydroxylation is 3. The molecule has 0 saturated carbocycles. The minimum absolute atomic E-state index is 0.0417. The van der Waals surface area contributed by atoms with Crippen LogP contribution in [0.4, 0.5) is 30.2 Å². The zero-order valence-corrected chi connectivity index (χ0v) is 70.9. The van der Waals surface area contributed by atoms with E-state index in [0.717, 1.165) is 177 Å². The van der Waals surface area contributed by atoms with Gasteiger partial charge in [0.05, 0.1) is 25.1 Å². The van der Waals surface area contributed by atoms with Crippen LogP contribution < -0.4 is 30.7 Å². The van der Waals surface area contributed by atoms with E-state index in [1.54, 1.807) is 56.3 Å². The van der Waals surface area contributed by atoms with Crippen LogP contribution in [0, 0.1) is 56.0 Å². The minimum Gasteiger partial charge on any atom is -0.381 e. The molecular formula is C102H117F3N12O6. The number of fused-ring (bicyclic) bond motifs is 3. The van der Waals surface area contributed by atoms with Crippen LogP contribution >= 0.6 is 0 Å². The average Bonchev–Trinajstić information content (AvgIpc) is 1.50. The Labute approximate surface area is 738 Å². The molecule has 21 heteroatoms. The monoisotopic (exact) mass is 1670 g/mol. The molecule has 9 aromatic carbocycles. The van der Waals surface area contributed by atoms with Crippen LogP contribution in [0.2, 0.25) is 0 Å². The van der Waals surface area contributed by atoms with E-state index < -0.39 is 44.5 Å². The number of aliphatic imine (C=N–C) groups is 3. The Morgan fingerprint density at radius 3 is 1.09 bits per heavy atom. The van der Waals surface area contributed by atoms with E-state index in [2.05, 4.69) is 81.7 Å². The van der Waals surface area contributed by atoms with Gasteiger partial charge in [-0.25, -0.2) is 13.2 Å². The predicted molar refractivity (Wildman–Crippen MR) is 484 cm³/mol. The quantitative estimate of drug-likeness (QED) is 0.0744. The number of amidine groups is 3. The number of hydrogen-bond acceptors (Lipinski definition) is 15. The van der Waals surface area contributed by atoms with Gasteiger partial charge in [-0.3, -0.25) is 29.4 Å². The molecule has 0 aliphatic carbocycles. The maximum absolute atomic E-state index is 14.2. The molecule has 0 unspecified atom stereocenters. The lowest BCUT2D eigenvalue weighted by atomic mass is 9.89. The normalized spacial score (nSPS) is 20.3. The van der Waals surface area contributed by atoms with E-state index in [0.29, 0.717) is 151 Å². The lowest BCUT2D eigenvalue weighted by Gasteiger charge is -2.34. The third-order valence-electron chi connectivity index (χ3n) is 24.7. The highest BCUT2D eigenvalue weighted by Gasteiger charge is 2.30. The average molecular weight is 1680 g/mol. The van der Waals surface area contributed by atoms with Gasteiger partial charge in [-0.2, -0.15) is 0 Å². The molecule has 6 saturated heterocycles. The number of halogens is 3. The zero-order chi connectivity index (χ0) is 94.7. The summed E-state index contributed by atoms with van der Waals surface area (Å²) in [7, 11) is 4.24. The second-order valence-corrected chi connectivity index (χ2v) is 34.2. The van der Waals surface area contributed by atoms with Crippen molar-refractivity contribution in [3.63, 3.8) is 0 Å². The summed E-state index contributed by atoms with van der Waals surface area (Å²) in [5.41, 5.74) is 17.7. The van der Waals surface area contributed by atoms with Crippen molar-refractivity contribution in [3.8, 4) is 0 Å². The number of anilines is 3. The molecule has 0 radical (unpaired) electrons. The van der Waals surface area contributed by atoms with Crippen molar-refractivity contribution in [2.75, 3.05) is 154 Å². The number of rotatable bonds is 18. The highest BCUT2D eigenvalue weighted by Crippen LogP contribution is 2.34.